The van der Waals surface area contributed by atoms with E-state index in [0.717, 1.165) is 22.6 Å². The highest BCUT2D eigenvalue weighted by molar-refractivity contribution is 14.2. The first-order valence-electron chi connectivity index (χ1n) is 4.56. The Balaban J connectivity index is 2.33. The Morgan fingerprint density at radius 1 is 1.40 bits per heavy atom. The summed E-state index contributed by atoms with van der Waals surface area (Å²) >= 11 is 0.0561. The summed E-state index contributed by atoms with van der Waals surface area (Å²) < 4.78 is 11.8. The van der Waals surface area contributed by atoms with Crippen LogP contribution in [0.2, 0.25) is 0 Å². The van der Waals surface area contributed by atoms with Crippen molar-refractivity contribution in [3.8, 4) is 5.75 Å². The van der Waals surface area contributed by atoms with E-state index < -0.39 is 0 Å². The van der Waals surface area contributed by atoms with Gasteiger partial charge in [-0.15, -0.1) is 0 Å². The summed E-state index contributed by atoms with van der Waals surface area (Å²) in [4.78, 5) is 4.57. The zero-order chi connectivity index (χ0) is 10.3. The third-order valence-electron chi connectivity index (χ3n) is 2.36. The lowest BCUT2D eigenvalue weighted by Gasteiger charge is -2.02. The summed E-state index contributed by atoms with van der Waals surface area (Å²) in [6, 6.07) is 5.99. The molecule has 0 spiro atoms. The second kappa shape index (κ2) is 3.44. The maximum atomic E-state index is 5.18. The molecule has 1 aromatic heterocycles. The predicted octanol–water partition coefficient (Wildman–Crippen LogP) is 2.61. The van der Waals surface area contributed by atoms with Crippen LogP contribution in [0.15, 0.2) is 22.3 Å². The van der Waals surface area contributed by atoms with E-state index >= 15 is 0 Å². The number of aromatic nitrogens is 2. The number of methoxy groups -OCH3 is 1. The van der Waals surface area contributed by atoms with Crippen molar-refractivity contribution in [2.75, 3.05) is 7.11 Å². The number of ether oxygens (including phenoxy) is 1. The molecule has 3 nitrogen and oxygen atoms in total. The van der Waals surface area contributed by atoms with Crippen molar-refractivity contribution in [2.24, 2.45) is 0 Å². The van der Waals surface area contributed by atoms with E-state index in [0.29, 0.717) is 0 Å². The van der Waals surface area contributed by atoms with Gasteiger partial charge in [0.15, 0.2) is 0 Å². The highest BCUT2D eigenvalue weighted by Crippen LogP contribution is 2.24. The number of rotatable bonds is 1. The van der Waals surface area contributed by atoms with Gasteiger partial charge in [0.1, 0.15) is 11.6 Å². The van der Waals surface area contributed by atoms with Crippen molar-refractivity contribution < 1.29 is 4.74 Å². The molecule has 0 radical (unpaired) electrons. The van der Waals surface area contributed by atoms with Crippen LogP contribution in [0.3, 0.4) is 0 Å². The van der Waals surface area contributed by atoms with Crippen molar-refractivity contribution in [2.45, 2.75) is 0 Å². The monoisotopic (exact) mass is 312 g/mol. The van der Waals surface area contributed by atoms with Crippen LogP contribution in [0, 0.1) is 0 Å². The van der Waals surface area contributed by atoms with Gasteiger partial charge < -0.3 is 4.74 Å². The van der Waals surface area contributed by atoms with Crippen LogP contribution in [0.4, 0.5) is 0 Å². The topological polar surface area (TPSA) is 27.1 Å². The Morgan fingerprint density at radius 3 is 3.20 bits per heavy atom. The summed E-state index contributed by atoms with van der Waals surface area (Å²) in [5, 5.41) is 0. The quantitative estimate of drug-likeness (QED) is 0.757. The first-order chi connectivity index (χ1) is 7.38. The zero-order valence-electron chi connectivity index (χ0n) is 8.14. The number of hydrogen-bond acceptors (Lipinski definition) is 2. The van der Waals surface area contributed by atoms with Crippen LogP contribution >= 0.6 is 20.7 Å². The minimum atomic E-state index is 0.0561. The maximum Gasteiger partial charge on any atom is 0.143 e. The third kappa shape index (κ3) is 1.40. The predicted molar refractivity (Wildman–Crippen MR) is 70.8 cm³/mol. The Kier molecular flexibility index (Phi) is 2.09. The Labute approximate surface area is 97.1 Å². The molecule has 0 fully saturated rings. The molecule has 76 valence electrons. The molecule has 0 atom stereocenters. The van der Waals surface area contributed by atoms with Gasteiger partial charge in [-0.25, -0.2) is 4.98 Å². The Bertz CT molecular complexity index is 584. The Hall–Kier alpha value is -1.17. The fourth-order valence-electron chi connectivity index (χ4n) is 1.64. The molecule has 4 heteroatoms. The molecule has 0 N–H and O–H groups in total. The standard InChI is InChI=1S/C11H9IN2O/c1-15-8-2-3-10-9(6-8)13-11-7-12-4-5-14(10)11/h2-7H,1H3. The van der Waals surface area contributed by atoms with E-state index in [9.17, 15) is 0 Å². The van der Waals surface area contributed by atoms with Gasteiger partial charge in [-0.1, -0.05) is 20.7 Å². The molecule has 0 unspecified atom stereocenters. The molecule has 2 aromatic rings. The molecule has 0 bridgehead atoms. The molecule has 0 saturated heterocycles. The van der Waals surface area contributed by atoms with Crippen molar-refractivity contribution in [1.29, 1.82) is 0 Å². The molecular formula is C11H9IN2O. The largest absolute Gasteiger partial charge is 0.497 e. The highest BCUT2D eigenvalue weighted by Gasteiger charge is 2.08. The highest BCUT2D eigenvalue weighted by atomic mass is 127. The van der Waals surface area contributed by atoms with Crippen LogP contribution in [0.5, 0.6) is 5.75 Å². The minimum absolute atomic E-state index is 0.0561. The van der Waals surface area contributed by atoms with Crippen molar-refractivity contribution in [3.63, 3.8) is 0 Å². The molecule has 0 aliphatic carbocycles. The molecule has 1 aliphatic rings. The summed E-state index contributed by atoms with van der Waals surface area (Å²) in [7, 11) is 1.68. The van der Waals surface area contributed by atoms with Crippen molar-refractivity contribution in [1.82, 2.24) is 9.55 Å². The first kappa shape index (κ1) is 9.08. The molecule has 1 aromatic carbocycles. The summed E-state index contributed by atoms with van der Waals surface area (Å²) in [6.07, 6.45) is 2.12. The number of fused-ring (bicyclic) bond motifs is 3. The van der Waals surface area contributed by atoms with Gasteiger partial charge >= 0.3 is 0 Å². The summed E-state index contributed by atoms with van der Waals surface area (Å²) in [5.41, 5.74) is 2.14. The molecule has 3 rings (SSSR count). The fraction of sp³-hybridized carbons (Fsp3) is 0.0909. The lowest BCUT2D eigenvalue weighted by molar-refractivity contribution is 0.415. The fourth-order valence-corrected chi connectivity index (χ4v) is 3.12. The lowest BCUT2D eigenvalue weighted by atomic mass is 10.3. The lowest BCUT2D eigenvalue weighted by Crippen LogP contribution is -1.95. The third-order valence-corrected chi connectivity index (χ3v) is 4.02. The smallest absolute Gasteiger partial charge is 0.143 e. The van der Waals surface area contributed by atoms with E-state index in [2.05, 4.69) is 23.8 Å². The van der Waals surface area contributed by atoms with Crippen molar-refractivity contribution >= 4 is 42.0 Å². The second-order valence-corrected chi connectivity index (χ2v) is 5.27. The SMILES string of the molecule is COc1ccc2c(c1)nc1n2C=CI=C1. The van der Waals surface area contributed by atoms with E-state index in [1.807, 2.05) is 18.2 Å². The van der Waals surface area contributed by atoms with Gasteiger partial charge in [0.2, 0.25) is 0 Å². The zero-order valence-corrected chi connectivity index (χ0v) is 10.3. The number of nitrogens with zero attached hydrogens (tertiary/aromatic N) is 2. The van der Waals surface area contributed by atoms with E-state index in [-0.39, 0.29) is 20.7 Å². The molecule has 2 heterocycles. The number of benzene rings is 1. The average molecular weight is 312 g/mol. The average Bonchev–Trinajstić information content (AvgIpc) is 2.66. The molecule has 1 aliphatic heterocycles. The van der Waals surface area contributed by atoms with Crippen LogP contribution < -0.4 is 4.74 Å². The maximum absolute atomic E-state index is 5.18. The van der Waals surface area contributed by atoms with Gasteiger partial charge in [0, 0.05) is 16.3 Å². The van der Waals surface area contributed by atoms with Gasteiger partial charge in [-0.3, -0.25) is 4.57 Å². The molecule has 0 saturated carbocycles. The molecule has 15 heavy (non-hydrogen) atoms. The van der Waals surface area contributed by atoms with Crippen molar-refractivity contribution in [3.05, 3.63) is 28.1 Å². The minimum Gasteiger partial charge on any atom is -0.497 e. The van der Waals surface area contributed by atoms with E-state index in [4.69, 9.17) is 4.74 Å². The van der Waals surface area contributed by atoms with E-state index in [1.54, 1.807) is 7.11 Å². The van der Waals surface area contributed by atoms with E-state index in [1.165, 1.54) is 0 Å². The van der Waals surface area contributed by atoms with Crippen LogP contribution in [0.25, 0.3) is 17.2 Å². The number of imidazole rings is 1. The summed E-state index contributed by atoms with van der Waals surface area (Å²) in [6.45, 7) is 0. The van der Waals surface area contributed by atoms with Crippen LogP contribution in [-0.4, -0.2) is 20.7 Å². The van der Waals surface area contributed by atoms with Gasteiger partial charge in [0.05, 0.1) is 18.1 Å². The van der Waals surface area contributed by atoms with Gasteiger partial charge in [-0.2, -0.15) is 0 Å². The Morgan fingerprint density at radius 2 is 2.33 bits per heavy atom. The second-order valence-electron chi connectivity index (χ2n) is 3.20. The molecular weight excluding hydrogens is 303 g/mol. The molecule has 0 amide bonds. The number of halogens is 1. The summed E-state index contributed by atoms with van der Waals surface area (Å²) in [5.74, 6) is 1.92. The number of hydrogen-bond donors (Lipinski definition) is 0. The van der Waals surface area contributed by atoms with Gasteiger partial charge in [0.25, 0.3) is 0 Å². The van der Waals surface area contributed by atoms with Gasteiger partial charge in [-0.05, 0) is 16.2 Å². The van der Waals surface area contributed by atoms with Crippen LogP contribution in [-0.2, 0) is 0 Å². The van der Waals surface area contributed by atoms with Crippen LogP contribution in [0.1, 0.15) is 5.82 Å². The first-order valence-corrected chi connectivity index (χ1v) is 7.05. The normalized spacial score (nSPS) is 13.7.